The molecule has 1 saturated carbocycles. The van der Waals surface area contributed by atoms with Crippen LogP contribution in [0.3, 0.4) is 0 Å². The van der Waals surface area contributed by atoms with Crippen LogP contribution < -0.4 is 5.32 Å². The van der Waals surface area contributed by atoms with Crippen LogP contribution in [0.25, 0.3) is 0 Å². The lowest BCUT2D eigenvalue weighted by molar-refractivity contribution is 0.00568. The van der Waals surface area contributed by atoms with Gasteiger partial charge in [0.1, 0.15) is 0 Å². The maximum Gasteiger partial charge on any atom is 0.0597 e. The summed E-state index contributed by atoms with van der Waals surface area (Å²) in [6.07, 6.45) is 4.42. The summed E-state index contributed by atoms with van der Waals surface area (Å²) >= 11 is 0. The van der Waals surface area contributed by atoms with Crippen molar-refractivity contribution in [3.05, 3.63) is 0 Å². The molecule has 20 heavy (non-hydrogen) atoms. The van der Waals surface area contributed by atoms with E-state index in [4.69, 9.17) is 4.74 Å². The summed E-state index contributed by atoms with van der Waals surface area (Å²) < 4.78 is 5.79. The molecule has 1 aliphatic carbocycles. The fourth-order valence-corrected chi connectivity index (χ4v) is 3.54. The van der Waals surface area contributed by atoms with Crippen molar-refractivity contribution in [2.75, 3.05) is 26.2 Å². The largest absolute Gasteiger partial charge is 0.377 e. The van der Waals surface area contributed by atoms with Gasteiger partial charge in [0.25, 0.3) is 0 Å². The van der Waals surface area contributed by atoms with Crippen molar-refractivity contribution in [2.45, 2.75) is 71.6 Å². The lowest BCUT2D eigenvalue weighted by Crippen LogP contribution is -2.65. The molecule has 0 aromatic heterocycles. The van der Waals surface area contributed by atoms with E-state index in [0.29, 0.717) is 17.7 Å². The Morgan fingerprint density at radius 2 is 2.00 bits per heavy atom. The van der Waals surface area contributed by atoms with Gasteiger partial charge in [-0.1, -0.05) is 20.3 Å². The minimum absolute atomic E-state index is 0.335. The molecule has 1 heterocycles. The number of nitrogens with zero attached hydrogens (tertiary/aromatic N) is 1. The molecule has 3 nitrogen and oxygen atoms in total. The van der Waals surface area contributed by atoms with Crippen molar-refractivity contribution in [2.24, 2.45) is 11.8 Å². The van der Waals surface area contributed by atoms with Gasteiger partial charge in [0.2, 0.25) is 0 Å². The van der Waals surface area contributed by atoms with E-state index >= 15 is 0 Å². The second kappa shape index (κ2) is 6.76. The molecular formula is C17H34N2O. The van der Waals surface area contributed by atoms with E-state index in [2.05, 4.69) is 44.8 Å². The zero-order valence-corrected chi connectivity index (χ0v) is 14.1. The van der Waals surface area contributed by atoms with Crippen LogP contribution in [0.2, 0.25) is 0 Å². The van der Waals surface area contributed by atoms with Crippen LogP contribution in [0.5, 0.6) is 0 Å². The number of nitrogens with one attached hydrogen (secondary N) is 1. The summed E-state index contributed by atoms with van der Waals surface area (Å²) in [7, 11) is 0. The van der Waals surface area contributed by atoms with E-state index in [1.807, 2.05) is 0 Å². The van der Waals surface area contributed by atoms with Gasteiger partial charge < -0.3 is 10.1 Å². The van der Waals surface area contributed by atoms with Gasteiger partial charge in [-0.3, -0.25) is 4.90 Å². The van der Waals surface area contributed by atoms with E-state index in [9.17, 15) is 0 Å². The molecule has 0 aromatic carbocycles. The highest BCUT2D eigenvalue weighted by Crippen LogP contribution is 2.41. The molecule has 2 fully saturated rings. The normalized spacial score (nSPS) is 33.6. The molecule has 118 valence electrons. The van der Waals surface area contributed by atoms with Crippen LogP contribution in [0.15, 0.2) is 0 Å². The predicted octanol–water partition coefficient (Wildman–Crippen LogP) is 2.90. The monoisotopic (exact) mass is 282 g/mol. The van der Waals surface area contributed by atoms with Gasteiger partial charge in [-0.2, -0.15) is 0 Å². The number of piperazine rings is 1. The molecular weight excluding hydrogens is 248 g/mol. The van der Waals surface area contributed by atoms with E-state index in [0.717, 1.165) is 31.5 Å². The van der Waals surface area contributed by atoms with Crippen molar-refractivity contribution < 1.29 is 4.74 Å². The van der Waals surface area contributed by atoms with Gasteiger partial charge >= 0.3 is 0 Å². The number of ether oxygens (including phenoxy) is 1. The molecule has 2 rings (SSSR count). The SMILES string of the molecule is CCC(C)C1CNC(C)(C2CC2)CN1CCOC(C)C. The lowest BCUT2D eigenvalue weighted by atomic mass is 9.87. The van der Waals surface area contributed by atoms with Gasteiger partial charge in [-0.15, -0.1) is 0 Å². The molecule has 0 aromatic rings. The third kappa shape index (κ3) is 3.96. The minimum atomic E-state index is 0.335. The maximum atomic E-state index is 5.79. The first-order valence-corrected chi connectivity index (χ1v) is 8.57. The molecule has 0 spiro atoms. The third-order valence-electron chi connectivity index (χ3n) is 5.32. The van der Waals surface area contributed by atoms with Gasteiger partial charge in [0.15, 0.2) is 0 Å². The average molecular weight is 282 g/mol. The van der Waals surface area contributed by atoms with Crippen molar-refractivity contribution in [3.63, 3.8) is 0 Å². The van der Waals surface area contributed by atoms with E-state index < -0.39 is 0 Å². The number of rotatable bonds is 7. The van der Waals surface area contributed by atoms with Gasteiger partial charge in [-0.25, -0.2) is 0 Å². The topological polar surface area (TPSA) is 24.5 Å². The molecule has 2 aliphatic rings. The standard InChI is InChI=1S/C17H34N2O/c1-6-14(4)16-11-18-17(5,15-7-8-15)12-19(16)9-10-20-13(2)3/h13-16,18H,6-12H2,1-5H3. The first-order chi connectivity index (χ1) is 9.46. The fraction of sp³-hybridized carbons (Fsp3) is 1.00. The Labute approximate surface area is 125 Å². The first-order valence-electron chi connectivity index (χ1n) is 8.57. The molecule has 0 radical (unpaired) electrons. The average Bonchev–Trinajstić information content (AvgIpc) is 3.22. The van der Waals surface area contributed by atoms with Crippen LogP contribution in [0.4, 0.5) is 0 Å². The van der Waals surface area contributed by atoms with Crippen LogP contribution in [0.1, 0.15) is 53.9 Å². The highest BCUT2D eigenvalue weighted by molar-refractivity contribution is 5.04. The van der Waals surface area contributed by atoms with Crippen LogP contribution in [-0.4, -0.2) is 48.8 Å². The molecule has 0 amide bonds. The zero-order chi connectivity index (χ0) is 14.8. The van der Waals surface area contributed by atoms with Crippen LogP contribution in [0, 0.1) is 11.8 Å². The molecule has 3 heteroatoms. The Morgan fingerprint density at radius 3 is 2.55 bits per heavy atom. The molecule has 1 aliphatic heterocycles. The minimum Gasteiger partial charge on any atom is -0.377 e. The van der Waals surface area contributed by atoms with Crippen molar-refractivity contribution in [3.8, 4) is 0 Å². The summed E-state index contributed by atoms with van der Waals surface area (Å²) in [5.74, 6) is 1.65. The smallest absolute Gasteiger partial charge is 0.0597 e. The number of hydrogen-bond acceptors (Lipinski definition) is 3. The molecule has 1 N–H and O–H groups in total. The molecule has 3 unspecified atom stereocenters. The maximum absolute atomic E-state index is 5.79. The van der Waals surface area contributed by atoms with Crippen LogP contribution in [-0.2, 0) is 4.74 Å². The summed E-state index contributed by atoms with van der Waals surface area (Å²) in [6.45, 7) is 15.6. The van der Waals surface area contributed by atoms with Crippen LogP contribution >= 0.6 is 0 Å². The highest BCUT2D eigenvalue weighted by atomic mass is 16.5. The Bertz CT molecular complexity index is 303. The first kappa shape index (κ1) is 16.3. The zero-order valence-electron chi connectivity index (χ0n) is 14.1. The Kier molecular flexibility index (Phi) is 5.49. The van der Waals surface area contributed by atoms with Gasteiger partial charge in [0.05, 0.1) is 12.7 Å². The molecule has 0 bridgehead atoms. The Morgan fingerprint density at radius 1 is 1.30 bits per heavy atom. The molecule has 3 atom stereocenters. The fourth-order valence-electron chi connectivity index (χ4n) is 3.54. The summed E-state index contributed by atoms with van der Waals surface area (Å²) in [5.41, 5.74) is 0.335. The summed E-state index contributed by atoms with van der Waals surface area (Å²) in [6, 6.07) is 0.669. The van der Waals surface area contributed by atoms with E-state index in [-0.39, 0.29) is 0 Å². The van der Waals surface area contributed by atoms with Gasteiger partial charge in [0, 0.05) is 31.2 Å². The van der Waals surface area contributed by atoms with Crippen molar-refractivity contribution in [1.82, 2.24) is 10.2 Å². The Hall–Kier alpha value is -0.120. The van der Waals surface area contributed by atoms with Gasteiger partial charge in [-0.05, 0) is 45.4 Å². The quantitative estimate of drug-likeness (QED) is 0.777. The highest BCUT2D eigenvalue weighted by Gasteiger charge is 2.46. The van der Waals surface area contributed by atoms with E-state index in [1.165, 1.54) is 25.8 Å². The second-order valence-electron chi connectivity index (χ2n) is 7.42. The Balaban J connectivity index is 1.94. The summed E-state index contributed by atoms with van der Waals surface area (Å²) in [4.78, 5) is 2.70. The predicted molar refractivity (Wildman–Crippen MR) is 85.0 cm³/mol. The van der Waals surface area contributed by atoms with Crippen molar-refractivity contribution >= 4 is 0 Å². The van der Waals surface area contributed by atoms with Crippen molar-refractivity contribution in [1.29, 1.82) is 0 Å². The van der Waals surface area contributed by atoms with E-state index in [1.54, 1.807) is 0 Å². The third-order valence-corrected chi connectivity index (χ3v) is 5.32. The second-order valence-corrected chi connectivity index (χ2v) is 7.42. The summed E-state index contributed by atoms with van der Waals surface area (Å²) in [5, 5.41) is 3.87. The number of hydrogen-bond donors (Lipinski definition) is 1. The molecule has 1 saturated heterocycles. The lowest BCUT2D eigenvalue weighted by Gasteiger charge is -2.48.